The summed E-state index contributed by atoms with van der Waals surface area (Å²) in [5, 5.41) is 3.67. The molecule has 0 aliphatic carbocycles. The molecule has 1 atom stereocenters. The fourth-order valence-electron chi connectivity index (χ4n) is 3.38. The van der Waals surface area contributed by atoms with Crippen molar-refractivity contribution in [2.45, 2.75) is 36.1 Å². The van der Waals surface area contributed by atoms with Gasteiger partial charge in [0.2, 0.25) is 5.91 Å². The van der Waals surface area contributed by atoms with E-state index in [1.165, 1.54) is 4.90 Å². The van der Waals surface area contributed by atoms with Gasteiger partial charge in [0.25, 0.3) is 0 Å². The van der Waals surface area contributed by atoms with Crippen LogP contribution in [0.1, 0.15) is 30.8 Å². The number of anilines is 2. The maximum Gasteiger partial charge on any atom is 0.225 e. The highest BCUT2D eigenvalue weighted by Gasteiger charge is 2.29. The number of fused-ring (bicyclic) bond motifs is 1. The number of hydrogen-bond donors (Lipinski definition) is 1. The van der Waals surface area contributed by atoms with Crippen LogP contribution in [0.15, 0.2) is 70.6 Å². The Kier molecular flexibility index (Phi) is 5.30. The lowest BCUT2D eigenvalue weighted by Crippen LogP contribution is -2.37. The first kappa shape index (κ1) is 18.5. The van der Waals surface area contributed by atoms with Gasteiger partial charge in [0.1, 0.15) is 11.6 Å². The van der Waals surface area contributed by atoms with E-state index >= 15 is 0 Å². The number of aryl methyl sites for hydroxylation is 1. The van der Waals surface area contributed by atoms with Crippen LogP contribution >= 0.6 is 11.8 Å². The number of para-hydroxylation sites is 1. The van der Waals surface area contributed by atoms with E-state index in [1.807, 2.05) is 37.4 Å². The molecule has 1 aromatic heterocycles. The molecule has 6 heteroatoms. The van der Waals surface area contributed by atoms with Gasteiger partial charge in [-0.1, -0.05) is 42.1 Å². The van der Waals surface area contributed by atoms with E-state index < -0.39 is 0 Å². The summed E-state index contributed by atoms with van der Waals surface area (Å²) >= 11 is 1.73. The molecular weight excluding hydrogens is 368 g/mol. The minimum Gasteiger partial charge on any atom is -0.377 e. The van der Waals surface area contributed by atoms with E-state index in [4.69, 9.17) is 0 Å². The average Bonchev–Trinajstić information content (AvgIpc) is 2.70. The van der Waals surface area contributed by atoms with E-state index in [0.29, 0.717) is 12.4 Å². The quantitative estimate of drug-likeness (QED) is 0.690. The minimum absolute atomic E-state index is 0.0119. The van der Waals surface area contributed by atoms with E-state index in [2.05, 4.69) is 45.6 Å². The molecule has 0 bridgehead atoms. The van der Waals surface area contributed by atoms with Gasteiger partial charge in [-0.15, -0.1) is 0 Å². The summed E-state index contributed by atoms with van der Waals surface area (Å²) in [6.07, 6.45) is 2.65. The lowest BCUT2D eigenvalue weighted by molar-refractivity contribution is -0.116. The number of benzene rings is 2. The molecule has 1 aliphatic heterocycles. The Morgan fingerprint density at radius 3 is 2.68 bits per heavy atom. The van der Waals surface area contributed by atoms with Gasteiger partial charge < -0.3 is 5.32 Å². The van der Waals surface area contributed by atoms with Crippen molar-refractivity contribution in [2.75, 3.05) is 16.8 Å². The van der Waals surface area contributed by atoms with Crippen LogP contribution in [0.2, 0.25) is 0 Å². The van der Waals surface area contributed by atoms with Crippen molar-refractivity contribution in [1.82, 2.24) is 9.97 Å². The molecule has 142 valence electrons. The Morgan fingerprint density at radius 2 is 1.89 bits per heavy atom. The van der Waals surface area contributed by atoms with Crippen molar-refractivity contribution in [3.05, 3.63) is 72.2 Å². The molecule has 2 aromatic carbocycles. The first-order valence-electron chi connectivity index (χ1n) is 9.32. The molecule has 4 rings (SSSR count). The summed E-state index contributed by atoms with van der Waals surface area (Å²) in [5.41, 5.74) is 2.04. The third-order valence-corrected chi connectivity index (χ3v) is 5.84. The van der Waals surface area contributed by atoms with E-state index in [-0.39, 0.29) is 11.9 Å². The highest BCUT2D eigenvalue weighted by Crippen LogP contribution is 2.38. The summed E-state index contributed by atoms with van der Waals surface area (Å²) in [5.74, 6) is 1.40. The molecule has 1 aliphatic rings. The highest BCUT2D eigenvalue weighted by atomic mass is 32.2. The molecule has 5 nitrogen and oxygen atoms in total. The standard InChI is InChI=1S/C22H22N4OS/c1-15-23-14-18-19(12-13-26(16(2)27)22(18)24-15)25-20-10-6-7-11-21(20)28-17-8-4-3-5-9-17/h3-11,14,19,25H,12-13H2,1-2H3. The second-order valence-corrected chi connectivity index (χ2v) is 7.88. The zero-order chi connectivity index (χ0) is 19.5. The molecule has 0 saturated carbocycles. The first-order chi connectivity index (χ1) is 13.6. The zero-order valence-electron chi connectivity index (χ0n) is 15.9. The van der Waals surface area contributed by atoms with Crippen molar-refractivity contribution in [1.29, 1.82) is 0 Å². The van der Waals surface area contributed by atoms with Crippen molar-refractivity contribution >= 4 is 29.2 Å². The van der Waals surface area contributed by atoms with E-state index in [1.54, 1.807) is 23.6 Å². The number of carbonyl (C=O) groups is 1. The highest BCUT2D eigenvalue weighted by molar-refractivity contribution is 7.99. The molecule has 1 N–H and O–H groups in total. The second-order valence-electron chi connectivity index (χ2n) is 6.76. The Balaban J connectivity index is 1.63. The molecule has 0 spiro atoms. The molecule has 0 radical (unpaired) electrons. The Bertz CT molecular complexity index is 993. The summed E-state index contributed by atoms with van der Waals surface area (Å²) in [7, 11) is 0. The molecular formula is C22H22N4OS. The van der Waals surface area contributed by atoms with Crippen molar-refractivity contribution in [3.63, 3.8) is 0 Å². The Labute approximate surface area is 169 Å². The summed E-state index contributed by atoms with van der Waals surface area (Å²) < 4.78 is 0. The number of hydrogen-bond acceptors (Lipinski definition) is 5. The maximum absolute atomic E-state index is 12.0. The van der Waals surface area contributed by atoms with Crippen LogP contribution in [0.25, 0.3) is 0 Å². The Morgan fingerprint density at radius 1 is 1.14 bits per heavy atom. The van der Waals surface area contributed by atoms with Gasteiger partial charge in [0.05, 0.1) is 6.04 Å². The number of amides is 1. The van der Waals surface area contributed by atoms with Crippen LogP contribution in [0, 0.1) is 6.92 Å². The normalized spacial score (nSPS) is 15.8. The maximum atomic E-state index is 12.0. The molecule has 3 aromatic rings. The van der Waals surface area contributed by atoms with Gasteiger partial charge in [-0.05, 0) is 37.6 Å². The predicted molar refractivity (Wildman–Crippen MR) is 113 cm³/mol. The zero-order valence-corrected chi connectivity index (χ0v) is 16.7. The number of aromatic nitrogens is 2. The second kappa shape index (κ2) is 8.02. The van der Waals surface area contributed by atoms with Crippen molar-refractivity contribution in [2.24, 2.45) is 0 Å². The summed E-state index contributed by atoms with van der Waals surface area (Å²) in [4.78, 5) is 25.1. The number of nitrogens with zero attached hydrogens (tertiary/aromatic N) is 3. The third kappa shape index (κ3) is 3.87. The van der Waals surface area contributed by atoms with Gasteiger partial charge in [-0.2, -0.15) is 0 Å². The fourth-order valence-corrected chi connectivity index (χ4v) is 4.31. The molecule has 0 saturated heterocycles. The van der Waals surface area contributed by atoms with Gasteiger partial charge >= 0.3 is 0 Å². The minimum atomic E-state index is 0.0119. The Hall–Kier alpha value is -2.86. The van der Waals surface area contributed by atoms with Crippen LogP contribution in [0.4, 0.5) is 11.5 Å². The number of rotatable bonds is 4. The van der Waals surface area contributed by atoms with E-state index in [0.717, 1.165) is 28.4 Å². The topological polar surface area (TPSA) is 58.1 Å². The molecule has 1 unspecified atom stereocenters. The summed E-state index contributed by atoms with van der Waals surface area (Å²) in [6.45, 7) is 4.08. The van der Waals surface area contributed by atoms with Crippen LogP contribution in [0.3, 0.4) is 0 Å². The lowest BCUT2D eigenvalue weighted by Gasteiger charge is -2.33. The summed E-state index contributed by atoms with van der Waals surface area (Å²) in [6, 6.07) is 18.7. The van der Waals surface area contributed by atoms with Gasteiger partial charge in [0.15, 0.2) is 0 Å². The first-order valence-corrected chi connectivity index (χ1v) is 10.1. The largest absolute Gasteiger partial charge is 0.377 e. The van der Waals surface area contributed by atoms with Crippen LogP contribution < -0.4 is 10.2 Å². The molecule has 1 amide bonds. The van der Waals surface area contributed by atoms with Crippen LogP contribution in [-0.4, -0.2) is 22.4 Å². The number of nitrogens with one attached hydrogen (secondary N) is 1. The van der Waals surface area contributed by atoms with Gasteiger partial charge in [-0.3, -0.25) is 9.69 Å². The third-order valence-electron chi connectivity index (χ3n) is 4.76. The molecule has 2 heterocycles. The SMILES string of the molecule is CC(=O)N1CCC(Nc2ccccc2Sc2ccccc2)c2cnc(C)nc21. The average molecular weight is 391 g/mol. The van der Waals surface area contributed by atoms with Crippen LogP contribution in [0.5, 0.6) is 0 Å². The predicted octanol–water partition coefficient (Wildman–Crippen LogP) is 4.85. The van der Waals surface area contributed by atoms with Gasteiger partial charge in [0, 0.05) is 40.7 Å². The van der Waals surface area contributed by atoms with Crippen molar-refractivity contribution < 1.29 is 4.79 Å². The molecule has 0 fully saturated rings. The monoisotopic (exact) mass is 390 g/mol. The van der Waals surface area contributed by atoms with Gasteiger partial charge in [-0.25, -0.2) is 9.97 Å². The fraction of sp³-hybridized carbons (Fsp3) is 0.227. The lowest BCUT2D eigenvalue weighted by atomic mass is 10.0. The molecule has 28 heavy (non-hydrogen) atoms. The van der Waals surface area contributed by atoms with Crippen molar-refractivity contribution in [3.8, 4) is 0 Å². The van der Waals surface area contributed by atoms with Crippen LogP contribution in [-0.2, 0) is 4.79 Å². The van der Waals surface area contributed by atoms with E-state index in [9.17, 15) is 4.79 Å². The number of carbonyl (C=O) groups excluding carboxylic acids is 1. The smallest absolute Gasteiger partial charge is 0.225 e.